The quantitative estimate of drug-likeness (QED) is 0.715. The second-order valence-corrected chi connectivity index (χ2v) is 4.46. The summed E-state index contributed by atoms with van der Waals surface area (Å²) in [4.78, 5) is 24.4. The first-order valence-corrected chi connectivity index (χ1v) is 6.41. The minimum Gasteiger partial charge on any atom is -0.370 e. The lowest BCUT2D eigenvalue weighted by Gasteiger charge is -2.15. The van der Waals surface area contributed by atoms with Crippen LogP contribution in [0, 0.1) is 0 Å². The monoisotopic (exact) mass is 279 g/mol. The largest absolute Gasteiger partial charge is 0.370 e. The van der Waals surface area contributed by atoms with Crippen LogP contribution >= 0.6 is 0 Å². The molecule has 2 amide bonds. The summed E-state index contributed by atoms with van der Waals surface area (Å²) < 4.78 is 5.05. The molecule has 0 spiro atoms. The molecule has 0 fully saturated rings. The standard InChI is InChI=1S/C14H21N3O3/c1-11(18)17(2)9-12-4-3-5-13(8-12)16-14(19)10-20-7-6-15/h3-5,8H,6-7,9-10,15H2,1-2H3,(H,16,19). The smallest absolute Gasteiger partial charge is 0.250 e. The van der Waals surface area contributed by atoms with Crippen molar-refractivity contribution in [2.24, 2.45) is 5.73 Å². The van der Waals surface area contributed by atoms with Crippen molar-refractivity contribution in [3.05, 3.63) is 29.8 Å². The van der Waals surface area contributed by atoms with Gasteiger partial charge in [0.25, 0.3) is 0 Å². The van der Waals surface area contributed by atoms with Crippen molar-refractivity contribution in [2.45, 2.75) is 13.5 Å². The molecule has 0 saturated heterocycles. The molecule has 3 N–H and O–H groups in total. The molecule has 0 unspecified atom stereocenters. The summed E-state index contributed by atoms with van der Waals surface area (Å²) in [6, 6.07) is 7.36. The zero-order valence-electron chi connectivity index (χ0n) is 11.9. The fourth-order valence-electron chi connectivity index (χ4n) is 1.58. The van der Waals surface area contributed by atoms with Crippen LogP contribution in [-0.4, -0.2) is 43.5 Å². The first-order valence-electron chi connectivity index (χ1n) is 6.41. The van der Waals surface area contributed by atoms with E-state index in [-0.39, 0.29) is 18.4 Å². The average molecular weight is 279 g/mol. The van der Waals surface area contributed by atoms with Crippen LogP contribution in [0.3, 0.4) is 0 Å². The highest BCUT2D eigenvalue weighted by Gasteiger charge is 2.06. The van der Waals surface area contributed by atoms with E-state index in [1.165, 1.54) is 6.92 Å². The third-order valence-electron chi connectivity index (χ3n) is 2.66. The number of nitrogens with one attached hydrogen (secondary N) is 1. The minimum absolute atomic E-state index is 0.00498. The van der Waals surface area contributed by atoms with Crippen LogP contribution in [0.15, 0.2) is 24.3 Å². The first kappa shape index (κ1) is 16.1. The first-order chi connectivity index (χ1) is 9.52. The third-order valence-corrected chi connectivity index (χ3v) is 2.66. The lowest BCUT2D eigenvalue weighted by Crippen LogP contribution is -2.23. The fourth-order valence-corrected chi connectivity index (χ4v) is 1.58. The number of carbonyl (C=O) groups excluding carboxylic acids is 2. The summed E-state index contributed by atoms with van der Waals surface area (Å²) in [6.07, 6.45) is 0. The number of hydrogen-bond donors (Lipinski definition) is 2. The molecule has 0 atom stereocenters. The van der Waals surface area contributed by atoms with Gasteiger partial charge in [0, 0.05) is 32.7 Å². The van der Waals surface area contributed by atoms with Crippen molar-refractivity contribution < 1.29 is 14.3 Å². The van der Waals surface area contributed by atoms with Crippen LogP contribution in [0.5, 0.6) is 0 Å². The normalized spacial score (nSPS) is 10.2. The molecule has 1 aromatic carbocycles. The van der Waals surface area contributed by atoms with Gasteiger partial charge in [0.15, 0.2) is 0 Å². The summed E-state index contributed by atoms with van der Waals surface area (Å²) >= 11 is 0. The molecule has 1 rings (SSSR count). The maximum Gasteiger partial charge on any atom is 0.250 e. The van der Waals surface area contributed by atoms with Gasteiger partial charge in [-0.05, 0) is 17.7 Å². The molecular formula is C14H21N3O3. The Balaban J connectivity index is 2.55. The van der Waals surface area contributed by atoms with Crippen LogP contribution in [0.1, 0.15) is 12.5 Å². The van der Waals surface area contributed by atoms with Crippen LogP contribution in [0.4, 0.5) is 5.69 Å². The number of nitrogens with zero attached hydrogens (tertiary/aromatic N) is 1. The van der Waals surface area contributed by atoms with E-state index >= 15 is 0 Å². The van der Waals surface area contributed by atoms with Crippen molar-refractivity contribution in [1.82, 2.24) is 4.90 Å². The number of carbonyl (C=O) groups is 2. The summed E-state index contributed by atoms with van der Waals surface area (Å²) in [5.74, 6) is -0.231. The highest BCUT2D eigenvalue weighted by Crippen LogP contribution is 2.12. The van der Waals surface area contributed by atoms with Gasteiger partial charge in [0.1, 0.15) is 6.61 Å². The number of rotatable bonds is 7. The van der Waals surface area contributed by atoms with Gasteiger partial charge in [-0.15, -0.1) is 0 Å². The van der Waals surface area contributed by atoms with E-state index < -0.39 is 0 Å². The minimum atomic E-state index is -0.226. The molecule has 0 saturated carbocycles. The van der Waals surface area contributed by atoms with Gasteiger partial charge in [0.2, 0.25) is 11.8 Å². The van der Waals surface area contributed by atoms with E-state index in [0.29, 0.717) is 25.4 Å². The molecule has 1 aromatic rings. The van der Waals surface area contributed by atoms with E-state index in [1.807, 2.05) is 18.2 Å². The van der Waals surface area contributed by atoms with Gasteiger partial charge >= 0.3 is 0 Å². The lowest BCUT2D eigenvalue weighted by atomic mass is 10.2. The van der Waals surface area contributed by atoms with E-state index in [1.54, 1.807) is 18.0 Å². The Morgan fingerprint density at radius 1 is 1.40 bits per heavy atom. The molecule has 0 aliphatic rings. The average Bonchev–Trinajstić information content (AvgIpc) is 2.39. The molecule has 0 bridgehead atoms. The van der Waals surface area contributed by atoms with Gasteiger partial charge in [0.05, 0.1) is 6.61 Å². The second kappa shape index (κ2) is 8.29. The predicted octanol–water partition coefficient (Wildman–Crippen LogP) is 0.579. The van der Waals surface area contributed by atoms with E-state index in [9.17, 15) is 9.59 Å². The Kier molecular flexibility index (Phi) is 6.69. The molecule has 0 aliphatic heterocycles. The van der Waals surface area contributed by atoms with Crippen molar-refractivity contribution in [3.63, 3.8) is 0 Å². The molecule has 6 heteroatoms. The van der Waals surface area contributed by atoms with Gasteiger partial charge in [-0.25, -0.2) is 0 Å². The van der Waals surface area contributed by atoms with Gasteiger partial charge in [-0.1, -0.05) is 12.1 Å². The molecule has 0 heterocycles. The Hall–Kier alpha value is -1.92. The maximum absolute atomic E-state index is 11.6. The Morgan fingerprint density at radius 2 is 2.15 bits per heavy atom. The van der Waals surface area contributed by atoms with Crippen molar-refractivity contribution >= 4 is 17.5 Å². The van der Waals surface area contributed by atoms with Gasteiger partial charge < -0.3 is 20.7 Å². The second-order valence-electron chi connectivity index (χ2n) is 4.46. The van der Waals surface area contributed by atoms with E-state index in [4.69, 9.17) is 10.5 Å². The molecule has 0 aliphatic carbocycles. The fraction of sp³-hybridized carbons (Fsp3) is 0.429. The topological polar surface area (TPSA) is 84.7 Å². The maximum atomic E-state index is 11.6. The molecule has 110 valence electrons. The van der Waals surface area contributed by atoms with Gasteiger partial charge in [-0.2, -0.15) is 0 Å². The number of nitrogens with two attached hydrogens (primary N) is 1. The van der Waals surface area contributed by atoms with Crippen molar-refractivity contribution in [3.8, 4) is 0 Å². The highest BCUT2D eigenvalue weighted by molar-refractivity contribution is 5.91. The van der Waals surface area contributed by atoms with Crippen molar-refractivity contribution in [1.29, 1.82) is 0 Å². The Bertz CT molecular complexity index is 463. The number of ether oxygens (including phenoxy) is 1. The zero-order valence-corrected chi connectivity index (χ0v) is 11.9. The number of anilines is 1. The number of hydrogen-bond acceptors (Lipinski definition) is 4. The molecular weight excluding hydrogens is 258 g/mol. The highest BCUT2D eigenvalue weighted by atomic mass is 16.5. The molecule has 20 heavy (non-hydrogen) atoms. The van der Waals surface area contributed by atoms with Crippen LogP contribution in [0.25, 0.3) is 0 Å². The lowest BCUT2D eigenvalue weighted by molar-refractivity contribution is -0.128. The molecule has 0 radical (unpaired) electrons. The summed E-state index contributed by atoms with van der Waals surface area (Å²) in [5.41, 5.74) is 6.90. The van der Waals surface area contributed by atoms with Crippen LogP contribution < -0.4 is 11.1 Å². The summed E-state index contributed by atoms with van der Waals surface area (Å²) in [6.45, 7) is 2.74. The summed E-state index contributed by atoms with van der Waals surface area (Å²) in [5, 5.41) is 2.74. The summed E-state index contributed by atoms with van der Waals surface area (Å²) in [7, 11) is 1.73. The van der Waals surface area contributed by atoms with Gasteiger partial charge in [-0.3, -0.25) is 9.59 Å². The third kappa shape index (κ3) is 5.81. The number of benzene rings is 1. The van der Waals surface area contributed by atoms with E-state index in [0.717, 1.165) is 5.56 Å². The SMILES string of the molecule is CC(=O)N(C)Cc1cccc(NC(=O)COCCN)c1. The van der Waals surface area contributed by atoms with Crippen LogP contribution in [-0.2, 0) is 20.9 Å². The Morgan fingerprint density at radius 3 is 2.80 bits per heavy atom. The molecule has 6 nitrogen and oxygen atoms in total. The molecule has 0 aromatic heterocycles. The van der Waals surface area contributed by atoms with E-state index in [2.05, 4.69) is 5.32 Å². The number of amides is 2. The predicted molar refractivity (Wildman–Crippen MR) is 77.1 cm³/mol. The Labute approximate surface area is 118 Å². The zero-order chi connectivity index (χ0) is 15.0. The van der Waals surface area contributed by atoms with Crippen molar-refractivity contribution in [2.75, 3.05) is 32.1 Å². The van der Waals surface area contributed by atoms with Crippen LogP contribution in [0.2, 0.25) is 0 Å².